The molecule has 0 spiro atoms. The van der Waals surface area contributed by atoms with E-state index in [2.05, 4.69) is 65.6 Å². The van der Waals surface area contributed by atoms with Gasteiger partial charge in [0.1, 0.15) is 0 Å². The summed E-state index contributed by atoms with van der Waals surface area (Å²) in [6.07, 6.45) is 6.86. The molecule has 1 aliphatic heterocycles. The Labute approximate surface area is 202 Å². The summed E-state index contributed by atoms with van der Waals surface area (Å²) in [6.45, 7) is 11.2. The van der Waals surface area contributed by atoms with Gasteiger partial charge in [-0.25, -0.2) is 9.98 Å². The van der Waals surface area contributed by atoms with Gasteiger partial charge in [0.05, 0.1) is 11.6 Å². The molecular weight excluding hydrogens is 505 g/mol. The molecule has 1 fully saturated rings. The molecule has 0 bridgehead atoms. The summed E-state index contributed by atoms with van der Waals surface area (Å²) in [5.41, 5.74) is 2.72. The number of likely N-dealkylation sites (tertiary alicyclic amines) is 1. The fourth-order valence-corrected chi connectivity index (χ4v) is 4.57. The maximum absolute atomic E-state index is 4.85. The monoisotopic (exact) mass is 541 g/mol. The molecule has 2 aromatic rings. The Kier molecular flexibility index (Phi) is 11.1. The van der Waals surface area contributed by atoms with E-state index in [4.69, 9.17) is 4.99 Å². The molecule has 1 unspecified atom stereocenters. The van der Waals surface area contributed by atoms with E-state index in [9.17, 15) is 0 Å². The average Bonchev–Trinajstić information content (AvgIpc) is 3.14. The second kappa shape index (κ2) is 13.3. The SMILES string of the molecule is CCNC(=NCc1ccccc1CN1CCCCC1C)NCCc1ncc(C)s1.I. The fourth-order valence-electron chi connectivity index (χ4n) is 3.79. The zero-order valence-corrected chi connectivity index (χ0v) is 21.6. The van der Waals surface area contributed by atoms with Gasteiger partial charge in [-0.2, -0.15) is 0 Å². The van der Waals surface area contributed by atoms with Crippen molar-refractivity contribution in [3.8, 4) is 0 Å². The van der Waals surface area contributed by atoms with Crippen molar-refractivity contribution in [1.29, 1.82) is 0 Å². The minimum atomic E-state index is 0. The molecule has 7 heteroatoms. The lowest BCUT2D eigenvalue weighted by atomic mass is 10.0. The Bertz CT molecular complexity index is 791. The number of nitrogens with one attached hydrogen (secondary N) is 2. The number of nitrogens with zero attached hydrogens (tertiary/aromatic N) is 3. The van der Waals surface area contributed by atoms with Crippen LogP contribution >= 0.6 is 35.3 Å². The number of guanidine groups is 1. The number of benzene rings is 1. The van der Waals surface area contributed by atoms with Crippen LogP contribution in [0.2, 0.25) is 0 Å². The van der Waals surface area contributed by atoms with Gasteiger partial charge >= 0.3 is 0 Å². The second-order valence-corrected chi connectivity index (χ2v) is 9.14. The molecule has 0 aliphatic carbocycles. The summed E-state index contributed by atoms with van der Waals surface area (Å²) in [5, 5.41) is 7.99. The number of thiazole rings is 1. The first-order valence-electron chi connectivity index (χ1n) is 10.9. The number of piperidine rings is 1. The highest BCUT2D eigenvalue weighted by atomic mass is 127. The lowest BCUT2D eigenvalue weighted by molar-refractivity contribution is 0.152. The lowest BCUT2D eigenvalue weighted by Gasteiger charge is -2.33. The number of hydrogen-bond donors (Lipinski definition) is 2. The molecule has 3 rings (SSSR count). The van der Waals surface area contributed by atoms with Gasteiger partial charge in [-0.05, 0) is 51.3 Å². The van der Waals surface area contributed by atoms with Gasteiger partial charge in [-0.1, -0.05) is 30.7 Å². The van der Waals surface area contributed by atoms with Gasteiger partial charge in [-0.15, -0.1) is 35.3 Å². The van der Waals surface area contributed by atoms with Gasteiger partial charge in [0, 0.05) is 43.2 Å². The first-order valence-corrected chi connectivity index (χ1v) is 11.7. The topological polar surface area (TPSA) is 52.6 Å². The Balaban J connectivity index is 0.00000320. The Morgan fingerprint density at radius 2 is 2.03 bits per heavy atom. The number of aromatic nitrogens is 1. The van der Waals surface area contributed by atoms with Crippen molar-refractivity contribution in [2.45, 2.75) is 65.6 Å². The van der Waals surface area contributed by atoms with Gasteiger partial charge < -0.3 is 10.6 Å². The van der Waals surface area contributed by atoms with E-state index in [1.165, 1.54) is 46.8 Å². The molecule has 1 aromatic carbocycles. The quantitative estimate of drug-likeness (QED) is 0.288. The number of hydrogen-bond acceptors (Lipinski definition) is 4. The van der Waals surface area contributed by atoms with Crippen LogP contribution in [0, 0.1) is 6.92 Å². The van der Waals surface area contributed by atoms with Crippen molar-refractivity contribution in [3.05, 3.63) is 51.5 Å². The van der Waals surface area contributed by atoms with Crippen LogP contribution in [0.5, 0.6) is 0 Å². The number of aliphatic imine (C=N–C) groups is 1. The molecule has 0 saturated carbocycles. The molecule has 5 nitrogen and oxygen atoms in total. The summed E-state index contributed by atoms with van der Waals surface area (Å²) < 4.78 is 0. The molecule has 1 atom stereocenters. The lowest BCUT2D eigenvalue weighted by Crippen LogP contribution is -2.38. The third-order valence-electron chi connectivity index (χ3n) is 5.48. The van der Waals surface area contributed by atoms with Crippen LogP contribution in [0.3, 0.4) is 0 Å². The number of aryl methyl sites for hydroxylation is 1. The first kappa shape index (κ1) is 25.1. The Morgan fingerprint density at radius 1 is 1.23 bits per heavy atom. The van der Waals surface area contributed by atoms with Crippen molar-refractivity contribution >= 4 is 41.3 Å². The zero-order valence-electron chi connectivity index (χ0n) is 18.5. The molecule has 1 aromatic heterocycles. The van der Waals surface area contributed by atoms with Crippen LogP contribution in [-0.4, -0.2) is 41.5 Å². The third-order valence-corrected chi connectivity index (χ3v) is 6.46. The van der Waals surface area contributed by atoms with E-state index in [-0.39, 0.29) is 24.0 Å². The Hall–Kier alpha value is -1.19. The Morgan fingerprint density at radius 3 is 2.73 bits per heavy atom. The van der Waals surface area contributed by atoms with Crippen LogP contribution in [0.4, 0.5) is 0 Å². The van der Waals surface area contributed by atoms with Crippen molar-refractivity contribution in [3.63, 3.8) is 0 Å². The minimum Gasteiger partial charge on any atom is -0.357 e. The molecular formula is C23H36IN5S. The summed E-state index contributed by atoms with van der Waals surface area (Å²) >= 11 is 1.77. The zero-order chi connectivity index (χ0) is 20.5. The number of halogens is 1. The molecule has 0 amide bonds. The predicted molar refractivity (Wildman–Crippen MR) is 139 cm³/mol. The molecule has 2 N–H and O–H groups in total. The number of rotatable bonds is 8. The van der Waals surface area contributed by atoms with Crippen LogP contribution in [-0.2, 0) is 19.5 Å². The smallest absolute Gasteiger partial charge is 0.191 e. The molecule has 2 heterocycles. The summed E-state index contributed by atoms with van der Waals surface area (Å²) in [7, 11) is 0. The highest BCUT2D eigenvalue weighted by Gasteiger charge is 2.19. The van der Waals surface area contributed by atoms with Gasteiger partial charge in [0.2, 0.25) is 0 Å². The van der Waals surface area contributed by atoms with Gasteiger partial charge in [0.15, 0.2) is 5.96 Å². The van der Waals surface area contributed by atoms with E-state index < -0.39 is 0 Å². The first-order chi connectivity index (χ1) is 14.2. The minimum absolute atomic E-state index is 0. The largest absolute Gasteiger partial charge is 0.357 e. The van der Waals surface area contributed by atoms with Crippen molar-refractivity contribution < 1.29 is 0 Å². The van der Waals surface area contributed by atoms with E-state index >= 15 is 0 Å². The highest BCUT2D eigenvalue weighted by molar-refractivity contribution is 14.0. The molecule has 30 heavy (non-hydrogen) atoms. The maximum atomic E-state index is 4.85. The summed E-state index contributed by atoms with van der Waals surface area (Å²) in [5.74, 6) is 0.877. The van der Waals surface area contributed by atoms with Crippen molar-refractivity contribution in [2.24, 2.45) is 4.99 Å². The molecule has 1 saturated heterocycles. The van der Waals surface area contributed by atoms with Gasteiger partial charge in [0.25, 0.3) is 0 Å². The van der Waals surface area contributed by atoms with E-state index in [0.717, 1.165) is 32.0 Å². The van der Waals surface area contributed by atoms with Crippen LogP contribution in [0.15, 0.2) is 35.5 Å². The van der Waals surface area contributed by atoms with E-state index in [0.29, 0.717) is 12.6 Å². The standard InChI is InChI=1S/C23H35N5S.HI/c1-4-24-23(25-13-12-22-26-15-19(3)29-22)27-16-20-10-5-6-11-21(20)17-28-14-8-7-9-18(28)2;/h5-6,10-11,15,18H,4,7-9,12-14,16-17H2,1-3H3,(H2,24,25,27);1H. The van der Waals surface area contributed by atoms with Crippen LogP contribution in [0.1, 0.15) is 54.1 Å². The maximum Gasteiger partial charge on any atom is 0.191 e. The summed E-state index contributed by atoms with van der Waals surface area (Å²) in [6, 6.07) is 9.43. The van der Waals surface area contributed by atoms with E-state index in [1.807, 2.05) is 6.20 Å². The van der Waals surface area contributed by atoms with Gasteiger partial charge in [-0.3, -0.25) is 4.90 Å². The molecule has 1 aliphatic rings. The molecule has 0 radical (unpaired) electrons. The van der Waals surface area contributed by atoms with E-state index in [1.54, 1.807) is 11.3 Å². The summed E-state index contributed by atoms with van der Waals surface area (Å²) in [4.78, 5) is 13.2. The second-order valence-electron chi connectivity index (χ2n) is 7.82. The predicted octanol–water partition coefficient (Wildman–Crippen LogP) is 4.74. The fraction of sp³-hybridized carbons (Fsp3) is 0.565. The average molecular weight is 542 g/mol. The van der Waals surface area contributed by atoms with Crippen LogP contribution in [0.25, 0.3) is 0 Å². The van der Waals surface area contributed by atoms with Crippen LogP contribution < -0.4 is 10.6 Å². The normalized spacial score (nSPS) is 17.4. The third kappa shape index (κ3) is 7.81. The highest BCUT2D eigenvalue weighted by Crippen LogP contribution is 2.21. The van der Waals surface area contributed by atoms with Crippen molar-refractivity contribution in [1.82, 2.24) is 20.5 Å². The van der Waals surface area contributed by atoms with Crippen molar-refractivity contribution in [2.75, 3.05) is 19.6 Å². The molecule has 166 valence electrons.